The predicted molar refractivity (Wildman–Crippen MR) is 119 cm³/mol. The van der Waals surface area contributed by atoms with Crippen LogP contribution in [0.15, 0.2) is 65.6 Å². The van der Waals surface area contributed by atoms with Crippen LogP contribution in [0.4, 0.5) is 13.2 Å². The average Bonchev–Trinajstić information content (AvgIpc) is 2.80. The van der Waals surface area contributed by atoms with Crippen LogP contribution in [0, 0.1) is 0 Å². The van der Waals surface area contributed by atoms with Crippen LogP contribution >= 0.6 is 0 Å². The van der Waals surface area contributed by atoms with E-state index in [0.29, 0.717) is 30.1 Å². The Morgan fingerprint density at radius 2 is 1.73 bits per heavy atom. The summed E-state index contributed by atoms with van der Waals surface area (Å²) in [4.78, 5) is 15.5. The number of carbonyl (C=O) groups excluding carboxylic acids is 1. The summed E-state index contributed by atoms with van der Waals surface area (Å²) < 4.78 is 60.1. The summed E-state index contributed by atoms with van der Waals surface area (Å²) in [6.45, 7) is 4.33. The van der Waals surface area contributed by atoms with Crippen LogP contribution in [-0.4, -0.2) is 32.5 Å². The number of halogens is 3. The van der Waals surface area contributed by atoms with Crippen molar-refractivity contribution < 1.29 is 26.9 Å². The number of alkyl halides is 3. The van der Waals surface area contributed by atoms with E-state index in [1.54, 1.807) is 50.2 Å². The lowest BCUT2D eigenvalue weighted by Gasteiger charge is -2.20. The van der Waals surface area contributed by atoms with Gasteiger partial charge in [-0.05, 0) is 54.6 Å². The molecule has 174 valence electrons. The largest absolute Gasteiger partial charge is 0.456 e. The second-order valence-electron chi connectivity index (χ2n) is 6.92. The number of aromatic nitrogens is 1. The molecule has 0 saturated heterocycles. The van der Waals surface area contributed by atoms with E-state index in [9.17, 15) is 22.2 Å². The lowest BCUT2D eigenvalue weighted by atomic mass is 10.1. The van der Waals surface area contributed by atoms with Gasteiger partial charge in [0.25, 0.3) is 5.91 Å². The summed E-state index contributed by atoms with van der Waals surface area (Å²) in [5, 5.41) is 0. The van der Waals surface area contributed by atoms with Crippen LogP contribution < -0.4 is 10.5 Å². The SMILES string of the molecule is CCN(CC)S(=O)c1cc(C(F)(F)F)ccc1Oc1ccc(-c2cccc(C(N)=O)n2)cc1. The van der Waals surface area contributed by atoms with Crippen molar-refractivity contribution in [2.24, 2.45) is 5.73 Å². The number of carbonyl (C=O) groups is 1. The first kappa shape index (κ1) is 24.4. The van der Waals surface area contributed by atoms with Crippen molar-refractivity contribution in [1.82, 2.24) is 9.29 Å². The van der Waals surface area contributed by atoms with Crippen molar-refractivity contribution >= 4 is 16.9 Å². The van der Waals surface area contributed by atoms with E-state index in [2.05, 4.69) is 4.98 Å². The van der Waals surface area contributed by atoms with Gasteiger partial charge >= 0.3 is 6.18 Å². The number of hydrogen-bond donors (Lipinski definition) is 1. The summed E-state index contributed by atoms with van der Waals surface area (Å²) in [6, 6.07) is 14.4. The first-order valence-electron chi connectivity index (χ1n) is 10.1. The molecule has 0 aliphatic carbocycles. The van der Waals surface area contributed by atoms with Gasteiger partial charge in [-0.15, -0.1) is 0 Å². The molecule has 0 saturated carbocycles. The summed E-state index contributed by atoms with van der Waals surface area (Å²) in [5.41, 5.74) is 5.70. The Kier molecular flexibility index (Phi) is 7.50. The fraction of sp³-hybridized carbons (Fsp3) is 0.217. The zero-order valence-corrected chi connectivity index (χ0v) is 18.7. The van der Waals surface area contributed by atoms with Gasteiger partial charge < -0.3 is 10.5 Å². The zero-order valence-electron chi connectivity index (χ0n) is 17.9. The summed E-state index contributed by atoms with van der Waals surface area (Å²) in [5.74, 6) is -0.245. The van der Waals surface area contributed by atoms with Crippen molar-refractivity contribution in [2.75, 3.05) is 13.1 Å². The minimum atomic E-state index is -4.57. The third-order valence-electron chi connectivity index (χ3n) is 4.78. The molecule has 3 aromatic rings. The Balaban J connectivity index is 1.93. The number of primary amides is 1. The highest BCUT2D eigenvalue weighted by atomic mass is 32.2. The van der Waals surface area contributed by atoms with E-state index in [-0.39, 0.29) is 16.3 Å². The molecule has 6 nitrogen and oxygen atoms in total. The Hall–Kier alpha value is -3.24. The van der Waals surface area contributed by atoms with E-state index < -0.39 is 28.6 Å². The van der Waals surface area contributed by atoms with Crippen molar-refractivity contribution in [3.63, 3.8) is 0 Å². The second-order valence-corrected chi connectivity index (χ2v) is 8.38. The lowest BCUT2D eigenvalue weighted by molar-refractivity contribution is -0.137. The van der Waals surface area contributed by atoms with E-state index >= 15 is 0 Å². The smallest absolute Gasteiger partial charge is 0.416 e. The van der Waals surface area contributed by atoms with Gasteiger partial charge in [-0.1, -0.05) is 19.9 Å². The molecule has 33 heavy (non-hydrogen) atoms. The van der Waals surface area contributed by atoms with Gasteiger partial charge in [-0.25, -0.2) is 13.5 Å². The number of rotatable bonds is 8. The Morgan fingerprint density at radius 3 is 2.30 bits per heavy atom. The highest BCUT2D eigenvalue weighted by molar-refractivity contribution is 7.82. The summed E-state index contributed by atoms with van der Waals surface area (Å²) in [6.07, 6.45) is -4.57. The van der Waals surface area contributed by atoms with E-state index in [1.165, 1.54) is 16.4 Å². The van der Waals surface area contributed by atoms with Crippen LogP contribution in [0.25, 0.3) is 11.3 Å². The topological polar surface area (TPSA) is 85.5 Å². The second kappa shape index (κ2) is 10.1. The zero-order chi connectivity index (χ0) is 24.2. The molecule has 2 aromatic carbocycles. The molecular formula is C23H22F3N3O3S. The van der Waals surface area contributed by atoms with Crippen molar-refractivity contribution in [1.29, 1.82) is 0 Å². The molecule has 0 bridgehead atoms. The molecule has 0 fully saturated rings. The quantitative estimate of drug-likeness (QED) is 0.494. The Morgan fingerprint density at radius 1 is 1.06 bits per heavy atom. The molecule has 2 N–H and O–H groups in total. The normalized spacial score (nSPS) is 12.5. The number of amides is 1. The Labute approximate surface area is 191 Å². The number of nitrogens with two attached hydrogens (primary N) is 1. The van der Waals surface area contributed by atoms with Crippen LogP contribution in [0.5, 0.6) is 11.5 Å². The van der Waals surface area contributed by atoms with Gasteiger partial charge in [0.2, 0.25) is 0 Å². The first-order chi connectivity index (χ1) is 15.6. The number of hydrogen-bond acceptors (Lipinski definition) is 4. The lowest BCUT2D eigenvalue weighted by Crippen LogP contribution is -2.26. The molecule has 1 heterocycles. The molecule has 0 aliphatic heterocycles. The monoisotopic (exact) mass is 477 g/mol. The number of benzene rings is 2. The van der Waals surface area contributed by atoms with Crippen molar-refractivity contribution in [3.8, 4) is 22.8 Å². The fourth-order valence-corrected chi connectivity index (χ4v) is 4.31. The number of nitrogens with zero attached hydrogens (tertiary/aromatic N) is 2. The minimum absolute atomic E-state index is 0.0616. The number of pyridine rings is 1. The molecule has 1 amide bonds. The van der Waals surface area contributed by atoms with Crippen LogP contribution in [0.2, 0.25) is 0 Å². The highest BCUT2D eigenvalue weighted by Gasteiger charge is 2.32. The number of ether oxygens (including phenoxy) is 1. The first-order valence-corrected chi connectivity index (χ1v) is 11.2. The fourth-order valence-electron chi connectivity index (χ4n) is 3.06. The molecule has 1 aromatic heterocycles. The van der Waals surface area contributed by atoms with Gasteiger partial charge in [0.1, 0.15) is 28.2 Å². The molecule has 1 atom stereocenters. The van der Waals surface area contributed by atoms with Crippen molar-refractivity contribution in [3.05, 3.63) is 71.9 Å². The summed E-state index contributed by atoms with van der Waals surface area (Å²) in [7, 11) is -1.84. The third-order valence-corrected chi connectivity index (χ3v) is 6.46. The predicted octanol–water partition coefficient (Wildman–Crippen LogP) is 5.02. The van der Waals surface area contributed by atoms with Crippen LogP contribution in [0.1, 0.15) is 29.9 Å². The molecular weight excluding hydrogens is 455 g/mol. The third kappa shape index (κ3) is 5.77. The minimum Gasteiger partial charge on any atom is -0.456 e. The van der Waals surface area contributed by atoms with Crippen LogP contribution in [0.3, 0.4) is 0 Å². The molecule has 10 heteroatoms. The van der Waals surface area contributed by atoms with Gasteiger partial charge in [0.15, 0.2) is 0 Å². The average molecular weight is 478 g/mol. The maximum absolute atomic E-state index is 13.3. The highest BCUT2D eigenvalue weighted by Crippen LogP contribution is 2.36. The molecule has 0 radical (unpaired) electrons. The maximum atomic E-state index is 13.3. The molecule has 0 spiro atoms. The van der Waals surface area contributed by atoms with E-state index in [4.69, 9.17) is 10.5 Å². The van der Waals surface area contributed by atoms with Gasteiger partial charge in [-0.2, -0.15) is 13.2 Å². The van der Waals surface area contributed by atoms with E-state index in [0.717, 1.165) is 12.1 Å². The van der Waals surface area contributed by atoms with Gasteiger partial charge in [0.05, 0.1) is 16.2 Å². The molecule has 3 rings (SSSR count). The standard InChI is InChI=1S/C23H22F3N3O3S/c1-3-29(4-2)33(31)21-14-16(23(24,25)26)10-13-20(21)32-17-11-8-15(9-12-17)18-6-5-7-19(28-18)22(27)30/h5-14H,3-4H2,1-2H3,(H2,27,30). The van der Waals surface area contributed by atoms with Crippen LogP contribution in [-0.2, 0) is 17.2 Å². The van der Waals surface area contributed by atoms with Crippen molar-refractivity contribution in [2.45, 2.75) is 24.9 Å². The van der Waals surface area contributed by atoms with Gasteiger partial charge in [-0.3, -0.25) is 4.79 Å². The Bertz CT molecular complexity index is 1160. The molecule has 0 aliphatic rings. The summed E-state index contributed by atoms with van der Waals surface area (Å²) >= 11 is 0. The van der Waals surface area contributed by atoms with Gasteiger partial charge in [0, 0.05) is 18.7 Å². The van der Waals surface area contributed by atoms with E-state index in [1.807, 2.05) is 0 Å². The molecule has 1 unspecified atom stereocenters. The maximum Gasteiger partial charge on any atom is 0.416 e.